The molecule has 0 bridgehead atoms. The number of phenols is 1. The van der Waals surface area contributed by atoms with Crippen LogP contribution in [-0.2, 0) is 20.7 Å². The Morgan fingerprint density at radius 3 is 2.75 bits per heavy atom. The van der Waals surface area contributed by atoms with Crippen molar-refractivity contribution in [1.82, 2.24) is 0 Å². The van der Waals surface area contributed by atoms with Gasteiger partial charge in [-0.3, -0.25) is 19.7 Å². The number of aromatic hydroxyl groups is 1. The molecule has 1 amide bonds. The first-order chi connectivity index (χ1) is 13.3. The summed E-state index contributed by atoms with van der Waals surface area (Å²) in [6, 6.07) is 8.08. The monoisotopic (exact) mass is 404 g/mol. The van der Waals surface area contributed by atoms with Gasteiger partial charge in [-0.1, -0.05) is 11.6 Å². The number of hydrogen-bond donors (Lipinski definition) is 2. The molecule has 144 valence electrons. The van der Waals surface area contributed by atoms with Gasteiger partial charge in [-0.05, 0) is 18.2 Å². The molecule has 0 aliphatic carbocycles. The number of esters is 1. The summed E-state index contributed by atoms with van der Waals surface area (Å²) in [6.07, 6.45) is 1.26. The summed E-state index contributed by atoms with van der Waals surface area (Å²) in [5.74, 6) is -1.26. The summed E-state index contributed by atoms with van der Waals surface area (Å²) in [4.78, 5) is 33.9. The minimum atomic E-state index is -0.652. The lowest BCUT2D eigenvalue weighted by Gasteiger charge is -2.08. The molecular formula is C18H13ClN2O7. The standard InChI is InChI=1S/C18H13ClN2O7/c19-14-6-11(21(25)26)1-4-15(14)20-17(23)9-28-18(24)5-10-8-27-16-7-12(22)2-3-13(10)16/h1-4,6-8,22H,5,9H2,(H,20,23). The molecule has 28 heavy (non-hydrogen) atoms. The fraction of sp³-hybridized carbons (Fsp3) is 0.111. The Morgan fingerprint density at radius 2 is 2.04 bits per heavy atom. The van der Waals surface area contributed by atoms with Crippen molar-refractivity contribution in [2.45, 2.75) is 6.42 Å². The molecule has 1 heterocycles. The van der Waals surface area contributed by atoms with Gasteiger partial charge in [0.1, 0.15) is 11.3 Å². The summed E-state index contributed by atoms with van der Waals surface area (Å²) in [5, 5.41) is 23.1. The number of nitro groups is 1. The Kier molecular flexibility index (Phi) is 5.46. The van der Waals surface area contributed by atoms with Crippen molar-refractivity contribution < 1.29 is 28.8 Å². The lowest BCUT2D eigenvalue weighted by molar-refractivity contribution is -0.384. The van der Waals surface area contributed by atoms with Crippen LogP contribution in [0.3, 0.4) is 0 Å². The minimum absolute atomic E-state index is 0.0120. The molecule has 0 aliphatic rings. The van der Waals surface area contributed by atoms with Crippen molar-refractivity contribution in [1.29, 1.82) is 0 Å². The molecule has 0 saturated heterocycles. The van der Waals surface area contributed by atoms with Crippen molar-refractivity contribution in [2.75, 3.05) is 11.9 Å². The maximum atomic E-state index is 12.0. The summed E-state index contributed by atoms with van der Waals surface area (Å²) in [6.45, 7) is -0.553. The second kappa shape index (κ2) is 7.97. The number of amides is 1. The second-order valence-corrected chi connectivity index (χ2v) is 6.16. The van der Waals surface area contributed by atoms with E-state index in [4.69, 9.17) is 20.8 Å². The number of fused-ring (bicyclic) bond motifs is 1. The Bertz CT molecular complexity index is 1080. The third kappa shape index (κ3) is 4.38. The van der Waals surface area contributed by atoms with Gasteiger partial charge in [0.2, 0.25) is 0 Å². The van der Waals surface area contributed by atoms with E-state index in [2.05, 4.69) is 5.32 Å². The second-order valence-electron chi connectivity index (χ2n) is 5.75. The molecule has 2 aromatic carbocycles. The largest absolute Gasteiger partial charge is 0.508 e. The van der Waals surface area contributed by atoms with Crippen molar-refractivity contribution >= 4 is 45.8 Å². The molecule has 0 aliphatic heterocycles. The molecule has 2 N–H and O–H groups in total. The average molecular weight is 405 g/mol. The van der Waals surface area contributed by atoms with E-state index in [1.165, 1.54) is 30.5 Å². The number of carbonyl (C=O) groups is 2. The number of carbonyl (C=O) groups excluding carboxylic acids is 2. The summed E-state index contributed by atoms with van der Waals surface area (Å²) >= 11 is 5.89. The molecule has 0 fully saturated rings. The van der Waals surface area contributed by atoms with Crippen LogP contribution in [0.4, 0.5) is 11.4 Å². The van der Waals surface area contributed by atoms with Gasteiger partial charge in [0.15, 0.2) is 6.61 Å². The minimum Gasteiger partial charge on any atom is -0.508 e. The number of rotatable bonds is 6. The highest BCUT2D eigenvalue weighted by Gasteiger charge is 2.15. The fourth-order valence-corrected chi connectivity index (χ4v) is 2.69. The van der Waals surface area contributed by atoms with Gasteiger partial charge in [-0.25, -0.2) is 0 Å². The molecular weight excluding hydrogens is 392 g/mol. The van der Waals surface area contributed by atoms with E-state index < -0.39 is 23.4 Å². The van der Waals surface area contributed by atoms with Crippen molar-refractivity contribution in [2.24, 2.45) is 0 Å². The molecule has 0 unspecified atom stereocenters. The van der Waals surface area contributed by atoms with Crippen LogP contribution < -0.4 is 5.32 Å². The molecule has 0 radical (unpaired) electrons. The zero-order valence-electron chi connectivity index (χ0n) is 14.2. The number of ether oxygens (including phenoxy) is 1. The van der Waals surface area contributed by atoms with Crippen molar-refractivity contribution in [3.63, 3.8) is 0 Å². The smallest absolute Gasteiger partial charge is 0.310 e. The third-order valence-electron chi connectivity index (χ3n) is 3.78. The fourth-order valence-electron chi connectivity index (χ4n) is 2.47. The molecule has 10 heteroatoms. The molecule has 0 saturated carbocycles. The number of nitro benzene ring substituents is 1. The Balaban J connectivity index is 1.55. The van der Waals surface area contributed by atoms with Crippen LogP contribution >= 0.6 is 11.6 Å². The van der Waals surface area contributed by atoms with E-state index in [-0.39, 0.29) is 28.6 Å². The lowest BCUT2D eigenvalue weighted by atomic mass is 10.1. The Labute approximate surface area is 162 Å². The van der Waals surface area contributed by atoms with Crippen LogP contribution in [-0.4, -0.2) is 28.5 Å². The summed E-state index contributed by atoms with van der Waals surface area (Å²) in [7, 11) is 0. The number of nitrogens with one attached hydrogen (secondary N) is 1. The zero-order chi connectivity index (χ0) is 20.3. The van der Waals surface area contributed by atoms with Gasteiger partial charge in [0, 0.05) is 29.1 Å². The molecule has 0 spiro atoms. The number of phenolic OH excluding ortho intramolecular Hbond substituents is 1. The van der Waals surface area contributed by atoms with Crippen LogP contribution in [0.25, 0.3) is 11.0 Å². The number of non-ortho nitro benzene ring substituents is 1. The van der Waals surface area contributed by atoms with Crippen molar-refractivity contribution in [3.8, 4) is 5.75 Å². The molecule has 0 atom stereocenters. The third-order valence-corrected chi connectivity index (χ3v) is 4.09. The van der Waals surface area contributed by atoms with Gasteiger partial charge >= 0.3 is 5.97 Å². The van der Waals surface area contributed by atoms with E-state index in [0.717, 1.165) is 6.07 Å². The molecule has 9 nitrogen and oxygen atoms in total. The Morgan fingerprint density at radius 1 is 1.25 bits per heavy atom. The van der Waals surface area contributed by atoms with E-state index in [9.17, 15) is 24.8 Å². The number of nitrogens with zero attached hydrogens (tertiary/aromatic N) is 1. The highest BCUT2D eigenvalue weighted by Crippen LogP contribution is 2.27. The molecule has 3 rings (SSSR count). The number of hydrogen-bond acceptors (Lipinski definition) is 7. The predicted octanol–water partition coefficient (Wildman–Crippen LogP) is 3.42. The van der Waals surface area contributed by atoms with E-state index in [1.807, 2.05) is 0 Å². The first-order valence-electron chi connectivity index (χ1n) is 7.92. The van der Waals surface area contributed by atoms with Gasteiger partial charge in [-0.15, -0.1) is 0 Å². The van der Waals surface area contributed by atoms with Gasteiger partial charge < -0.3 is 19.6 Å². The van der Waals surface area contributed by atoms with Crippen LogP contribution in [0.15, 0.2) is 47.1 Å². The lowest BCUT2D eigenvalue weighted by Crippen LogP contribution is -2.21. The van der Waals surface area contributed by atoms with E-state index in [0.29, 0.717) is 16.5 Å². The van der Waals surface area contributed by atoms with Crippen molar-refractivity contribution in [3.05, 3.63) is 63.4 Å². The van der Waals surface area contributed by atoms with E-state index in [1.54, 1.807) is 6.07 Å². The van der Waals surface area contributed by atoms with Gasteiger partial charge in [0.25, 0.3) is 11.6 Å². The SMILES string of the molecule is O=C(COC(=O)Cc1coc2cc(O)ccc12)Nc1ccc([N+](=O)[O-])cc1Cl. The van der Waals surface area contributed by atoms with Crippen LogP contribution in [0, 0.1) is 10.1 Å². The van der Waals surface area contributed by atoms with Gasteiger partial charge in [-0.2, -0.15) is 0 Å². The zero-order valence-corrected chi connectivity index (χ0v) is 14.9. The van der Waals surface area contributed by atoms with E-state index >= 15 is 0 Å². The predicted molar refractivity (Wildman–Crippen MR) is 99.3 cm³/mol. The van der Waals surface area contributed by atoms with Crippen LogP contribution in [0.1, 0.15) is 5.56 Å². The first kappa shape index (κ1) is 19.2. The molecule has 3 aromatic rings. The number of benzene rings is 2. The quantitative estimate of drug-likeness (QED) is 0.365. The number of anilines is 1. The summed E-state index contributed by atoms with van der Waals surface area (Å²) in [5.41, 5.74) is 0.927. The number of halogens is 1. The average Bonchev–Trinajstić information content (AvgIpc) is 3.03. The Hall–Kier alpha value is -3.59. The maximum Gasteiger partial charge on any atom is 0.310 e. The number of furan rings is 1. The highest BCUT2D eigenvalue weighted by atomic mass is 35.5. The van der Waals surface area contributed by atoms with Gasteiger partial charge in [0.05, 0.1) is 28.3 Å². The molecule has 1 aromatic heterocycles. The highest BCUT2D eigenvalue weighted by molar-refractivity contribution is 6.34. The summed E-state index contributed by atoms with van der Waals surface area (Å²) < 4.78 is 10.2. The van der Waals surface area contributed by atoms with Crippen LogP contribution in [0.2, 0.25) is 5.02 Å². The first-order valence-corrected chi connectivity index (χ1v) is 8.30. The van der Waals surface area contributed by atoms with Crippen LogP contribution in [0.5, 0.6) is 5.75 Å². The topological polar surface area (TPSA) is 132 Å². The normalized spacial score (nSPS) is 10.6. The maximum absolute atomic E-state index is 12.0.